The molecule has 2 fully saturated rings. The molecular weight excluding hydrogens is 378 g/mol. The average Bonchev–Trinajstić information content (AvgIpc) is 3.19. The van der Waals surface area contributed by atoms with E-state index in [2.05, 4.69) is 10.6 Å². The van der Waals surface area contributed by atoms with E-state index >= 15 is 0 Å². The largest absolute Gasteiger partial charge is 0.357 e. The summed E-state index contributed by atoms with van der Waals surface area (Å²) in [5.74, 6) is -2.38. The van der Waals surface area contributed by atoms with E-state index in [-0.39, 0.29) is 17.9 Å². The summed E-state index contributed by atoms with van der Waals surface area (Å²) in [6.45, 7) is 0. The highest BCUT2D eigenvalue weighted by atomic mass is 35.5. The first-order chi connectivity index (χ1) is 13.5. The molecule has 2 aromatic carbocycles. The number of fused-ring (bicyclic) bond motifs is 5. The molecule has 4 atom stereocenters. The lowest BCUT2D eigenvalue weighted by Crippen LogP contribution is -2.45. The summed E-state index contributed by atoms with van der Waals surface area (Å²) in [6, 6.07) is 13.4. The van der Waals surface area contributed by atoms with Gasteiger partial charge in [-0.2, -0.15) is 0 Å². The fraction of sp³-hybridized carbons (Fsp3) is 0.190. The Bertz CT molecular complexity index is 1030. The van der Waals surface area contributed by atoms with Gasteiger partial charge >= 0.3 is 0 Å². The Balaban J connectivity index is 1.54. The molecule has 0 aromatic heterocycles. The zero-order chi connectivity index (χ0) is 19.4. The van der Waals surface area contributed by atoms with E-state index in [1.165, 1.54) is 0 Å². The molecule has 0 saturated carbocycles. The molecule has 0 radical (unpaired) electrons. The summed E-state index contributed by atoms with van der Waals surface area (Å²) < 4.78 is 0. The van der Waals surface area contributed by atoms with Gasteiger partial charge in [-0.05, 0) is 41.5 Å². The van der Waals surface area contributed by atoms with Crippen molar-refractivity contribution in [1.29, 1.82) is 0 Å². The Morgan fingerprint density at radius 3 is 2.50 bits per heavy atom. The lowest BCUT2D eigenvalue weighted by Gasteiger charge is -2.34. The number of halogens is 1. The molecule has 0 aliphatic carbocycles. The molecule has 3 amide bonds. The number of anilines is 1. The third-order valence-corrected chi connectivity index (χ3v) is 5.93. The predicted molar refractivity (Wildman–Crippen MR) is 104 cm³/mol. The van der Waals surface area contributed by atoms with Crippen molar-refractivity contribution in [1.82, 2.24) is 10.2 Å². The second-order valence-electron chi connectivity index (χ2n) is 7.18. The number of amides is 3. The Hall–Kier alpha value is -3.12. The first-order valence-electron chi connectivity index (χ1n) is 9.00. The van der Waals surface area contributed by atoms with Gasteiger partial charge in [0.15, 0.2) is 0 Å². The van der Waals surface area contributed by atoms with Crippen LogP contribution in [0.25, 0.3) is 6.08 Å². The van der Waals surface area contributed by atoms with Crippen molar-refractivity contribution in [2.45, 2.75) is 12.1 Å². The molecule has 2 N–H and O–H groups in total. The van der Waals surface area contributed by atoms with E-state index < -0.39 is 23.8 Å². The maximum Gasteiger partial charge on any atom is 0.247 e. The molecule has 2 saturated heterocycles. The van der Waals surface area contributed by atoms with Gasteiger partial charge in [-0.1, -0.05) is 35.9 Å². The van der Waals surface area contributed by atoms with Gasteiger partial charge in [-0.25, -0.2) is 0 Å². The standard InChI is InChI=1S/C21H16ClN3O3/c22-12-5-7-13(8-6-12)23-21(28)18-16-15(19(26)24-20(16)27)17-14-4-2-1-3-11(14)9-10-25(17)18/h1-10,15-18H,(H,23,28)(H,24,26,27)/t15-,16+,17?,18-/m0/s1. The van der Waals surface area contributed by atoms with Crippen molar-refractivity contribution in [3.63, 3.8) is 0 Å². The molecule has 3 aliphatic heterocycles. The van der Waals surface area contributed by atoms with Crippen LogP contribution < -0.4 is 10.6 Å². The number of nitrogens with zero attached hydrogens (tertiary/aromatic N) is 1. The normalized spacial score (nSPS) is 27.1. The Kier molecular flexibility index (Phi) is 3.77. The van der Waals surface area contributed by atoms with Crippen LogP contribution in [0, 0.1) is 11.8 Å². The lowest BCUT2D eigenvalue weighted by molar-refractivity contribution is -0.130. The van der Waals surface area contributed by atoms with E-state index in [4.69, 9.17) is 11.6 Å². The van der Waals surface area contributed by atoms with Crippen LogP contribution in [0.1, 0.15) is 17.2 Å². The second kappa shape index (κ2) is 6.21. The molecule has 1 unspecified atom stereocenters. The number of carbonyl (C=O) groups is 3. The summed E-state index contributed by atoms with van der Waals surface area (Å²) in [5, 5.41) is 5.83. The van der Waals surface area contributed by atoms with Gasteiger partial charge in [-0.3, -0.25) is 19.7 Å². The SMILES string of the molecule is O=C1NC(=O)[C@@H]2C3c4ccccc4C=CN3[C@H](C(=O)Nc3ccc(Cl)cc3)[C@H]12. The maximum absolute atomic E-state index is 13.2. The average molecular weight is 394 g/mol. The highest BCUT2D eigenvalue weighted by molar-refractivity contribution is 6.30. The first-order valence-corrected chi connectivity index (χ1v) is 9.38. The predicted octanol–water partition coefficient (Wildman–Crippen LogP) is 2.58. The van der Waals surface area contributed by atoms with Gasteiger partial charge in [0.25, 0.3) is 0 Å². The van der Waals surface area contributed by atoms with E-state index in [1.54, 1.807) is 24.3 Å². The number of hydrogen-bond acceptors (Lipinski definition) is 4. The van der Waals surface area contributed by atoms with Gasteiger partial charge in [0, 0.05) is 16.9 Å². The molecule has 6 nitrogen and oxygen atoms in total. The van der Waals surface area contributed by atoms with Crippen LogP contribution in [0.4, 0.5) is 5.69 Å². The van der Waals surface area contributed by atoms with E-state index in [0.29, 0.717) is 10.7 Å². The fourth-order valence-electron chi connectivity index (χ4n) is 4.52. The number of carbonyl (C=O) groups excluding carboxylic acids is 3. The fourth-order valence-corrected chi connectivity index (χ4v) is 4.65. The second-order valence-corrected chi connectivity index (χ2v) is 7.62. The first kappa shape index (κ1) is 17.0. The van der Waals surface area contributed by atoms with Crippen molar-refractivity contribution >= 4 is 41.1 Å². The summed E-state index contributed by atoms with van der Waals surface area (Å²) in [4.78, 5) is 40.1. The monoisotopic (exact) mass is 393 g/mol. The van der Waals surface area contributed by atoms with Crippen LogP contribution in [0.5, 0.6) is 0 Å². The number of rotatable bonds is 2. The zero-order valence-electron chi connectivity index (χ0n) is 14.6. The maximum atomic E-state index is 13.2. The van der Waals surface area contributed by atoms with E-state index in [0.717, 1.165) is 11.1 Å². The summed E-state index contributed by atoms with van der Waals surface area (Å²) in [6.07, 6.45) is 3.73. The molecule has 7 heteroatoms. The molecule has 140 valence electrons. The molecule has 3 heterocycles. The van der Waals surface area contributed by atoms with Crippen molar-refractivity contribution in [3.8, 4) is 0 Å². The van der Waals surface area contributed by atoms with E-state index in [9.17, 15) is 14.4 Å². The number of imide groups is 1. The molecule has 28 heavy (non-hydrogen) atoms. The van der Waals surface area contributed by atoms with Gasteiger partial charge in [-0.15, -0.1) is 0 Å². The highest BCUT2D eigenvalue weighted by Gasteiger charge is 2.61. The molecule has 2 aromatic rings. The highest BCUT2D eigenvalue weighted by Crippen LogP contribution is 2.50. The van der Waals surface area contributed by atoms with Gasteiger partial charge < -0.3 is 10.2 Å². The van der Waals surface area contributed by atoms with Crippen molar-refractivity contribution < 1.29 is 14.4 Å². The quantitative estimate of drug-likeness (QED) is 0.769. The smallest absolute Gasteiger partial charge is 0.247 e. The van der Waals surface area contributed by atoms with Crippen molar-refractivity contribution in [2.75, 3.05) is 5.32 Å². The molecule has 5 rings (SSSR count). The Morgan fingerprint density at radius 1 is 1.00 bits per heavy atom. The van der Waals surface area contributed by atoms with E-state index in [1.807, 2.05) is 41.4 Å². The topological polar surface area (TPSA) is 78.5 Å². The minimum absolute atomic E-state index is 0.322. The number of nitrogens with one attached hydrogen (secondary N) is 2. The van der Waals surface area contributed by atoms with Gasteiger partial charge in [0.1, 0.15) is 6.04 Å². The van der Waals surface area contributed by atoms with Crippen LogP contribution in [-0.2, 0) is 14.4 Å². The van der Waals surface area contributed by atoms with Gasteiger partial charge in [0.05, 0.1) is 17.9 Å². The van der Waals surface area contributed by atoms with Crippen LogP contribution in [0.2, 0.25) is 5.02 Å². The summed E-state index contributed by atoms with van der Waals surface area (Å²) in [5.41, 5.74) is 2.53. The minimum Gasteiger partial charge on any atom is -0.357 e. The summed E-state index contributed by atoms with van der Waals surface area (Å²) in [7, 11) is 0. The number of benzene rings is 2. The summed E-state index contributed by atoms with van der Waals surface area (Å²) >= 11 is 5.90. The third kappa shape index (κ3) is 2.45. The minimum atomic E-state index is -0.776. The molecule has 0 spiro atoms. The molecular formula is C21H16ClN3O3. The van der Waals surface area contributed by atoms with Crippen molar-refractivity contribution in [2.24, 2.45) is 11.8 Å². The molecule has 3 aliphatic rings. The third-order valence-electron chi connectivity index (χ3n) is 5.68. The van der Waals surface area contributed by atoms with Crippen molar-refractivity contribution in [3.05, 3.63) is 70.9 Å². The lowest BCUT2D eigenvalue weighted by atomic mass is 9.84. The number of hydrogen-bond donors (Lipinski definition) is 2. The van der Waals surface area contributed by atoms with Crippen LogP contribution in [0.3, 0.4) is 0 Å². The molecule has 0 bridgehead atoms. The Labute approximate surface area is 166 Å². The van der Waals surface area contributed by atoms with Crippen LogP contribution in [0.15, 0.2) is 54.7 Å². The zero-order valence-corrected chi connectivity index (χ0v) is 15.4. The van der Waals surface area contributed by atoms with Crippen LogP contribution >= 0.6 is 11.6 Å². The van der Waals surface area contributed by atoms with Gasteiger partial charge in [0.2, 0.25) is 17.7 Å². The Morgan fingerprint density at radius 2 is 1.71 bits per heavy atom. The van der Waals surface area contributed by atoms with Crippen LogP contribution in [-0.4, -0.2) is 28.7 Å².